The number of carboxylic acid groups (broad SMARTS) is 1. The maximum absolute atomic E-state index is 10.9. The van der Waals surface area contributed by atoms with E-state index in [1.807, 2.05) is 0 Å². The van der Waals surface area contributed by atoms with E-state index in [4.69, 9.17) is 15.6 Å². The molecular weight excluding hydrogens is 250 g/mol. The van der Waals surface area contributed by atoms with E-state index >= 15 is 0 Å². The number of carboxylic acids is 1. The highest BCUT2D eigenvalue weighted by Crippen LogP contribution is 2.34. The number of rotatable bonds is 2. The summed E-state index contributed by atoms with van der Waals surface area (Å²) in [6.07, 6.45) is 0. The fourth-order valence-electron chi connectivity index (χ4n) is 1.22. The van der Waals surface area contributed by atoms with Crippen LogP contribution in [0.2, 0.25) is 0 Å². The van der Waals surface area contributed by atoms with Gasteiger partial charge in [0.15, 0.2) is 5.75 Å². The molecule has 0 spiro atoms. The average molecular weight is 260 g/mol. The molecular formula is C9H10BrNO3. The minimum atomic E-state index is -1.05. The molecule has 0 saturated heterocycles. The molecule has 0 unspecified atom stereocenters. The van der Waals surface area contributed by atoms with Crippen LogP contribution in [0.3, 0.4) is 0 Å². The fraction of sp³-hybridized carbons (Fsp3) is 0.222. The molecule has 0 atom stereocenters. The Balaban J connectivity index is 3.56. The second-order valence-corrected chi connectivity index (χ2v) is 3.64. The fourth-order valence-corrected chi connectivity index (χ4v) is 1.67. The predicted molar refractivity (Wildman–Crippen MR) is 56.8 cm³/mol. The first-order chi connectivity index (χ1) is 6.49. The van der Waals surface area contributed by atoms with E-state index < -0.39 is 5.97 Å². The van der Waals surface area contributed by atoms with Gasteiger partial charge in [0.05, 0.1) is 12.8 Å². The number of anilines is 1. The highest BCUT2D eigenvalue weighted by atomic mass is 79.9. The molecule has 5 heteroatoms. The van der Waals surface area contributed by atoms with Crippen molar-refractivity contribution in [3.8, 4) is 5.75 Å². The minimum absolute atomic E-state index is 0.0966. The summed E-state index contributed by atoms with van der Waals surface area (Å²) in [4.78, 5) is 10.9. The Labute approximate surface area is 89.8 Å². The van der Waals surface area contributed by atoms with Crippen LogP contribution in [0.15, 0.2) is 10.5 Å². The van der Waals surface area contributed by atoms with Gasteiger partial charge >= 0.3 is 5.97 Å². The zero-order chi connectivity index (χ0) is 10.9. The number of halogens is 1. The summed E-state index contributed by atoms with van der Waals surface area (Å²) in [6.45, 7) is 1.69. The number of aromatic carboxylic acids is 1. The first kappa shape index (κ1) is 10.8. The standard InChI is InChI=1S/C9H10BrNO3/c1-4-5(10)3-6(11)8(14-2)7(4)9(12)13/h3H,11H2,1-2H3,(H,12,13). The smallest absolute Gasteiger partial charge is 0.339 e. The van der Waals surface area contributed by atoms with Crippen molar-refractivity contribution < 1.29 is 14.6 Å². The van der Waals surface area contributed by atoms with Crippen LogP contribution in [0.4, 0.5) is 5.69 Å². The first-order valence-corrected chi connectivity index (χ1v) is 4.64. The summed E-state index contributed by atoms with van der Waals surface area (Å²) >= 11 is 3.23. The monoisotopic (exact) mass is 259 g/mol. The normalized spacial score (nSPS) is 9.93. The number of methoxy groups -OCH3 is 1. The third-order valence-electron chi connectivity index (χ3n) is 1.92. The molecule has 14 heavy (non-hydrogen) atoms. The van der Waals surface area contributed by atoms with Crippen molar-refractivity contribution in [2.24, 2.45) is 0 Å². The van der Waals surface area contributed by atoms with Crippen LogP contribution in [-0.2, 0) is 0 Å². The van der Waals surface area contributed by atoms with Gasteiger partial charge in [0, 0.05) is 4.47 Å². The molecule has 0 aliphatic carbocycles. The lowest BCUT2D eigenvalue weighted by Gasteiger charge is -2.12. The number of nitrogen functional groups attached to an aromatic ring is 1. The quantitative estimate of drug-likeness (QED) is 0.798. The van der Waals surface area contributed by atoms with Gasteiger partial charge in [-0.1, -0.05) is 15.9 Å². The molecule has 0 aromatic heterocycles. The molecule has 0 bridgehead atoms. The average Bonchev–Trinajstić information content (AvgIpc) is 2.10. The van der Waals surface area contributed by atoms with E-state index in [0.717, 1.165) is 0 Å². The number of hydrogen-bond acceptors (Lipinski definition) is 3. The van der Waals surface area contributed by atoms with Crippen LogP contribution < -0.4 is 10.5 Å². The van der Waals surface area contributed by atoms with Crippen LogP contribution in [-0.4, -0.2) is 18.2 Å². The maximum Gasteiger partial charge on any atom is 0.339 e. The van der Waals surface area contributed by atoms with Crippen LogP contribution >= 0.6 is 15.9 Å². The van der Waals surface area contributed by atoms with Gasteiger partial charge in [0.1, 0.15) is 5.56 Å². The molecule has 1 rings (SSSR count). The number of benzene rings is 1. The van der Waals surface area contributed by atoms with E-state index in [-0.39, 0.29) is 11.3 Å². The Kier molecular flexibility index (Phi) is 3.00. The maximum atomic E-state index is 10.9. The number of ether oxygens (including phenoxy) is 1. The van der Waals surface area contributed by atoms with Gasteiger partial charge in [-0.2, -0.15) is 0 Å². The van der Waals surface area contributed by atoms with Gasteiger partial charge < -0.3 is 15.6 Å². The SMILES string of the molecule is COc1c(N)cc(Br)c(C)c1C(=O)O. The second-order valence-electron chi connectivity index (χ2n) is 2.79. The van der Waals surface area contributed by atoms with E-state index in [2.05, 4.69) is 15.9 Å². The van der Waals surface area contributed by atoms with E-state index in [9.17, 15) is 4.79 Å². The van der Waals surface area contributed by atoms with Crippen molar-refractivity contribution in [3.63, 3.8) is 0 Å². The molecule has 3 N–H and O–H groups in total. The largest absolute Gasteiger partial charge is 0.494 e. The third-order valence-corrected chi connectivity index (χ3v) is 2.75. The van der Waals surface area contributed by atoms with Gasteiger partial charge in [-0.3, -0.25) is 0 Å². The van der Waals surface area contributed by atoms with Gasteiger partial charge in [0.25, 0.3) is 0 Å². The molecule has 0 aliphatic heterocycles. The zero-order valence-electron chi connectivity index (χ0n) is 7.80. The summed E-state index contributed by atoms with van der Waals surface area (Å²) in [5.74, 6) is -0.842. The molecule has 0 amide bonds. The molecule has 1 aromatic rings. The molecule has 0 heterocycles. The predicted octanol–water partition coefficient (Wildman–Crippen LogP) is 2.05. The second kappa shape index (κ2) is 3.88. The van der Waals surface area contributed by atoms with Crippen LogP contribution in [0.5, 0.6) is 5.75 Å². The Morgan fingerprint density at radius 2 is 2.21 bits per heavy atom. The Bertz CT molecular complexity index is 390. The van der Waals surface area contributed by atoms with Gasteiger partial charge in [-0.15, -0.1) is 0 Å². The highest BCUT2D eigenvalue weighted by Gasteiger charge is 2.19. The Morgan fingerprint density at radius 3 is 2.64 bits per heavy atom. The van der Waals surface area contributed by atoms with Gasteiger partial charge in [-0.05, 0) is 18.6 Å². The van der Waals surface area contributed by atoms with Crippen molar-refractivity contribution >= 4 is 27.6 Å². The van der Waals surface area contributed by atoms with Crippen molar-refractivity contribution in [1.82, 2.24) is 0 Å². The first-order valence-electron chi connectivity index (χ1n) is 3.85. The topological polar surface area (TPSA) is 72.5 Å². The lowest BCUT2D eigenvalue weighted by Crippen LogP contribution is -2.06. The summed E-state index contributed by atoms with van der Waals surface area (Å²) in [5.41, 5.74) is 6.63. The highest BCUT2D eigenvalue weighted by molar-refractivity contribution is 9.10. The van der Waals surface area contributed by atoms with E-state index in [0.29, 0.717) is 15.7 Å². The molecule has 0 saturated carbocycles. The molecule has 0 radical (unpaired) electrons. The van der Waals surface area contributed by atoms with Crippen molar-refractivity contribution in [2.45, 2.75) is 6.92 Å². The molecule has 0 fully saturated rings. The van der Waals surface area contributed by atoms with Crippen LogP contribution in [0, 0.1) is 6.92 Å². The number of carbonyl (C=O) groups is 1. The third kappa shape index (κ3) is 1.68. The van der Waals surface area contributed by atoms with Crippen molar-refractivity contribution in [3.05, 3.63) is 21.7 Å². The van der Waals surface area contributed by atoms with Crippen LogP contribution in [0.25, 0.3) is 0 Å². The van der Waals surface area contributed by atoms with Crippen molar-refractivity contribution in [1.29, 1.82) is 0 Å². The lowest BCUT2D eigenvalue weighted by atomic mass is 10.1. The van der Waals surface area contributed by atoms with E-state index in [1.165, 1.54) is 7.11 Å². The summed E-state index contributed by atoms with van der Waals surface area (Å²) in [6, 6.07) is 1.63. The molecule has 1 aromatic carbocycles. The zero-order valence-corrected chi connectivity index (χ0v) is 9.38. The Hall–Kier alpha value is -1.23. The number of nitrogens with two attached hydrogens (primary N) is 1. The molecule has 0 aliphatic rings. The van der Waals surface area contributed by atoms with Crippen LogP contribution in [0.1, 0.15) is 15.9 Å². The Morgan fingerprint density at radius 1 is 1.64 bits per heavy atom. The van der Waals surface area contributed by atoms with E-state index in [1.54, 1.807) is 13.0 Å². The summed E-state index contributed by atoms with van der Waals surface area (Å²) in [5, 5.41) is 8.97. The lowest BCUT2D eigenvalue weighted by molar-refractivity contribution is 0.0692. The number of hydrogen-bond donors (Lipinski definition) is 2. The summed E-state index contributed by atoms with van der Waals surface area (Å²) in [7, 11) is 1.39. The van der Waals surface area contributed by atoms with Gasteiger partial charge in [0.2, 0.25) is 0 Å². The van der Waals surface area contributed by atoms with Gasteiger partial charge in [-0.25, -0.2) is 4.79 Å². The molecule has 76 valence electrons. The van der Waals surface area contributed by atoms with Crippen molar-refractivity contribution in [2.75, 3.05) is 12.8 Å². The molecule has 4 nitrogen and oxygen atoms in total. The summed E-state index contributed by atoms with van der Waals surface area (Å²) < 4.78 is 5.61. The minimum Gasteiger partial charge on any atom is -0.494 e.